The van der Waals surface area contributed by atoms with Crippen molar-refractivity contribution in [2.45, 2.75) is 32.8 Å². The molecule has 6 nitrogen and oxygen atoms in total. The van der Waals surface area contributed by atoms with Gasteiger partial charge in [-0.1, -0.05) is 6.07 Å². The van der Waals surface area contributed by atoms with E-state index >= 15 is 0 Å². The highest BCUT2D eigenvalue weighted by Gasteiger charge is 2.25. The summed E-state index contributed by atoms with van der Waals surface area (Å²) in [4.78, 5) is 31.9. The first kappa shape index (κ1) is 18.0. The third kappa shape index (κ3) is 5.68. The highest BCUT2D eigenvalue weighted by atomic mass is 16.6. The minimum Gasteiger partial charge on any atom is -0.444 e. The predicted molar refractivity (Wildman–Crippen MR) is 92.3 cm³/mol. The molecule has 130 valence electrons. The van der Waals surface area contributed by atoms with E-state index in [2.05, 4.69) is 4.98 Å². The molecule has 0 bridgehead atoms. The predicted octanol–water partition coefficient (Wildman–Crippen LogP) is 2.56. The zero-order valence-electron chi connectivity index (χ0n) is 14.6. The van der Waals surface area contributed by atoms with Crippen LogP contribution in [0.15, 0.2) is 30.6 Å². The number of ether oxygens (including phenoxy) is 1. The van der Waals surface area contributed by atoms with Crippen LogP contribution in [0.5, 0.6) is 0 Å². The number of amides is 2. The van der Waals surface area contributed by atoms with Gasteiger partial charge in [-0.3, -0.25) is 9.78 Å². The molecular weight excluding hydrogens is 306 g/mol. The average Bonchev–Trinajstić information content (AvgIpc) is 2.78. The minimum atomic E-state index is -0.509. The maximum atomic E-state index is 12.3. The summed E-state index contributed by atoms with van der Waals surface area (Å²) in [5.41, 5.74) is 0.377. The largest absolute Gasteiger partial charge is 0.444 e. The van der Waals surface area contributed by atoms with Crippen LogP contribution in [-0.2, 0) is 9.53 Å². The summed E-state index contributed by atoms with van der Waals surface area (Å²) in [6, 6.07) is 3.72. The molecule has 0 aromatic carbocycles. The Bertz CT molecular complexity index is 593. The Hall–Kier alpha value is -2.37. The van der Waals surface area contributed by atoms with E-state index in [1.165, 1.54) is 0 Å². The van der Waals surface area contributed by atoms with Gasteiger partial charge in [0.05, 0.1) is 0 Å². The molecule has 0 atom stereocenters. The van der Waals surface area contributed by atoms with Crippen molar-refractivity contribution in [3.63, 3.8) is 0 Å². The lowest BCUT2D eigenvalue weighted by Crippen LogP contribution is -2.39. The van der Waals surface area contributed by atoms with Crippen LogP contribution in [0.3, 0.4) is 0 Å². The summed E-state index contributed by atoms with van der Waals surface area (Å²) >= 11 is 0. The molecule has 0 aliphatic carbocycles. The Labute approximate surface area is 143 Å². The Morgan fingerprint density at radius 1 is 1.17 bits per heavy atom. The summed E-state index contributed by atoms with van der Waals surface area (Å²) in [6.45, 7) is 7.78. The monoisotopic (exact) mass is 331 g/mol. The van der Waals surface area contributed by atoms with E-state index in [1.54, 1.807) is 34.3 Å². The van der Waals surface area contributed by atoms with Crippen LogP contribution >= 0.6 is 0 Å². The molecule has 1 saturated heterocycles. The molecule has 0 spiro atoms. The van der Waals surface area contributed by atoms with E-state index < -0.39 is 5.60 Å². The number of rotatable bonds is 2. The first-order valence-corrected chi connectivity index (χ1v) is 8.20. The van der Waals surface area contributed by atoms with Gasteiger partial charge in [0.1, 0.15) is 5.60 Å². The number of carbonyl (C=O) groups excluding carboxylic acids is 2. The molecule has 1 aliphatic rings. The smallest absolute Gasteiger partial charge is 0.410 e. The van der Waals surface area contributed by atoms with Gasteiger partial charge in [-0.05, 0) is 44.9 Å². The number of hydrogen-bond donors (Lipinski definition) is 0. The topological polar surface area (TPSA) is 62.7 Å². The standard InChI is InChI=1S/C18H25N3O3/c1-18(2,3)24-17(23)21-11-5-10-20(12-13-21)16(22)8-7-15-6-4-9-19-14-15/h4,6-9,14H,5,10-13H2,1-3H3/b8-7-. The molecule has 2 heterocycles. The first-order chi connectivity index (χ1) is 11.3. The second kappa shape index (κ2) is 7.95. The first-order valence-electron chi connectivity index (χ1n) is 8.20. The fourth-order valence-electron chi connectivity index (χ4n) is 2.39. The van der Waals surface area contributed by atoms with E-state index in [1.807, 2.05) is 32.9 Å². The van der Waals surface area contributed by atoms with Crippen molar-refractivity contribution < 1.29 is 14.3 Å². The van der Waals surface area contributed by atoms with E-state index in [-0.39, 0.29) is 12.0 Å². The second-order valence-corrected chi connectivity index (χ2v) is 6.77. The van der Waals surface area contributed by atoms with Crippen molar-refractivity contribution in [2.24, 2.45) is 0 Å². The molecule has 0 unspecified atom stereocenters. The zero-order chi connectivity index (χ0) is 17.6. The Balaban J connectivity index is 1.89. The van der Waals surface area contributed by atoms with Gasteiger partial charge in [0.25, 0.3) is 0 Å². The van der Waals surface area contributed by atoms with Crippen LogP contribution in [0.25, 0.3) is 6.08 Å². The number of pyridine rings is 1. The van der Waals surface area contributed by atoms with Crippen molar-refractivity contribution in [1.29, 1.82) is 0 Å². The van der Waals surface area contributed by atoms with Crippen molar-refractivity contribution in [3.05, 3.63) is 36.2 Å². The molecule has 24 heavy (non-hydrogen) atoms. The fraction of sp³-hybridized carbons (Fsp3) is 0.500. The van der Waals surface area contributed by atoms with Crippen molar-refractivity contribution in [2.75, 3.05) is 26.2 Å². The van der Waals surface area contributed by atoms with Gasteiger partial charge in [-0.25, -0.2) is 4.79 Å². The molecule has 1 aromatic rings. The second-order valence-electron chi connectivity index (χ2n) is 6.77. The summed E-state index contributed by atoms with van der Waals surface area (Å²) in [5, 5.41) is 0. The lowest BCUT2D eigenvalue weighted by Gasteiger charge is -2.26. The summed E-state index contributed by atoms with van der Waals surface area (Å²) in [7, 11) is 0. The molecule has 6 heteroatoms. The zero-order valence-corrected chi connectivity index (χ0v) is 14.6. The number of carbonyl (C=O) groups is 2. The quantitative estimate of drug-likeness (QED) is 0.781. The molecule has 1 aliphatic heterocycles. The Morgan fingerprint density at radius 3 is 2.54 bits per heavy atom. The van der Waals surface area contributed by atoms with Crippen molar-refractivity contribution in [1.82, 2.24) is 14.8 Å². The Kier molecular flexibility index (Phi) is 5.95. The van der Waals surface area contributed by atoms with E-state index in [0.717, 1.165) is 12.0 Å². The average molecular weight is 331 g/mol. The van der Waals surface area contributed by atoms with Crippen LogP contribution in [0.4, 0.5) is 4.79 Å². The Morgan fingerprint density at radius 2 is 1.88 bits per heavy atom. The summed E-state index contributed by atoms with van der Waals surface area (Å²) in [6.07, 6.45) is 7.13. The van der Waals surface area contributed by atoms with Gasteiger partial charge in [-0.2, -0.15) is 0 Å². The maximum Gasteiger partial charge on any atom is 0.410 e. The molecule has 1 fully saturated rings. The van der Waals surface area contributed by atoms with Gasteiger partial charge >= 0.3 is 6.09 Å². The molecule has 0 saturated carbocycles. The van der Waals surface area contributed by atoms with Crippen molar-refractivity contribution in [3.8, 4) is 0 Å². The van der Waals surface area contributed by atoms with Gasteiger partial charge < -0.3 is 14.5 Å². The normalized spacial score (nSPS) is 16.1. The molecule has 0 radical (unpaired) electrons. The van der Waals surface area contributed by atoms with Gasteiger partial charge in [-0.15, -0.1) is 0 Å². The number of nitrogens with zero attached hydrogens (tertiary/aromatic N) is 3. The summed E-state index contributed by atoms with van der Waals surface area (Å²) < 4.78 is 5.40. The van der Waals surface area contributed by atoms with E-state index in [4.69, 9.17) is 4.74 Å². The van der Waals surface area contributed by atoms with Gasteiger partial charge in [0.2, 0.25) is 5.91 Å². The lowest BCUT2D eigenvalue weighted by molar-refractivity contribution is -0.125. The molecule has 0 N–H and O–H groups in total. The van der Waals surface area contributed by atoms with Gasteiger partial charge in [0.15, 0.2) is 0 Å². The van der Waals surface area contributed by atoms with Crippen LogP contribution in [-0.4, -0.2) is 58.6 Å². The molecular formula is C18H25N3O3. The minimum absolute atomic E-state index is 0.0510. The van der Waals surface area contributed by atoms with Crippen LogP contribution in [0.2, 0.25) is 0 Å². The number of aromatic nitrogens is 1. The van der Waals surface area contributed by atoms with Crippen LogP contribution in [0, 0.1) is 0 Å². The molecule has 2 rings (SSSR count). The molecule has 2 amide bonds. The summed E-state index contributed by atoms with van der Waals surface area (Å²) in [5.74, 6) is -0.0510. The third-order valence-corrected chi connectivity index (χ3v) is 3.56. The number of hydrogen-bond acceptors (Lipinski definition) is 4. The van der Waals surface area contributed by atoms with Crippen LogP contribution < -0.4 is 0 Å². The fourth-order valence-corrected chi connectivity index (χ4v) is 2.39. The molecule has 1 aromatic heterocycles. The highest BCUT2D eigenvalue weighted by molar-refractivity contribution is 5.91. The van der Waals surface area contributed by atoms with Crippen LogP contribution in [0.1, 0.15) is 32.8 Å². The SMILES string of the molecule is CC(C)(C)OC(=O)N1CCCN(C(=O)/C=C\c2cccnc2)CC1. The third-order valence-electron chi connectivity index (χ3n) is 3.56. The maximum absolute atomic E-state index is 12.3. The van der Waals surface area contributed by atoms with Gasteiger partial charge in [0, 0.05) is 44.6 Å². The van der Waals surface area contributed by atoms with E-state index in [0.29, 0.717) is 26.2 Å². The van der Waals surface area contributed by atoms with Crippen molar-refractivity contribution >= 4 is 18.1 Å². The lowest BCUT2D eigenvalue weighted by atomic mass is 10.2. The van der Waals surface area contributed by atoms with E-state index in [9.17, 15) is 9.59 Å². The highest BCUT2D eigenvalue weighted by Crippen LogP contribution is 2.12.